The summed E-state index contributed by atoms with van der Waals surface area (Å²) in [5, 5.41) is 11.2. The van der Waals surface area contributed by atoms with Crippen LogP contribution in [0.4, 0.5) is 0 Å². The van der Waals surface area contributed by atoms with Crippen LogP contribution in [-0.4, -0.2) is 37.7 Å². The second kappa shape index (κ2) is 6.91. The summed E-state index contributed by atoms with van der Waals surface area (Å²) in [6.07, 6.45) is 1.23. The summed E-state index contributed by atoms with van der Waals surface area (Å²) in [7, 11) is -3.53. The van der Waals surface area contributed by atoms with Crippen molar-refractivity contribution in [3.8, 4) is 0 Å². The monoisotopic (exact) mass is 333 g/mol. The zero-order valence-corrected chi connectivity index (χ0v) is 13.2. The van der Waals surface area contributed by atoms with Gasteiger partial charge < -0.3 is 10.4 Å². The molecule has 0 bridgehead atoms. The fourth-order valence-corrected chi connectivity index (χ4v) is 2.95. The van der Waals surface area contributed by atoms with E-state index in [1.54, 1.807) is 6.92 Å². The van der Waals surface area contributed by atoms with Gasteiger partial charge in [0.1, 0.15) is 0 Å². The van der Waals surface area contributed by atoms with E-state index in [0.717, 1.165) is 6.26 Å². The Labute approximate surface area is 128 Å². The molecule has 1 unspecified atom stereocenters. The normalized spacial score (nSPS) is 12.7. The number of carbonyl (C=O) groups excluding carboxylic acids is 1. The maximum atomic E-state index is 12.0. The SMILES string of the molecule is CC(CCC(=O)O)NC(=O)c1ccc(Cl)c(S(C)(=O)=O)c1. The second-order valence-electron chi connectivity index (χ2n) is 4.72. The lowest BCUT2D eigenvalue weighted by atomic mass is 10.1. The van der Waals surface area contributed by atoms with Crippen LogP contribution in [-0.2, 0) is 14.6 Å². The van der Waals surface area contributed by atoms with Gasteiger partial charge in [-0.2, -0.15) is 0 Å². The first-order valence-electron chi connectivity index (χ1n) is 6.13. The third-order valence-electron chi connectivity index (χ3n) is 2.76. The molecule has 0 fully saturated rings. The summed E-state index contributed by atoms with van der Waals surface area (Å²) in [6, 6.07) is 3.62. The quantitative estimate of drug-likeness (QED) is 0.825. The highest BCUT2D eigenvalue weighted by Crippen LogP contribution is 2.22. The lowest BCUT2D eigenvalue weighted by Crippen LogP contribution is -2.33. The van der Waals surface area contributed by atoms with Crippen LogP contribution in [0, 0.1) is 0 Å². The van der Waals surface area contributed by atoms with Gasteiger partial charge in [0.15, 0.2) is 9.84 Å². The van der Waals surface area contributed by atoms with E-state index < -0.39 is 21.7 Å². The van der Waals surface area contributed by atoms with E-state index in [1.807, 2.05) is 0 Å². The number of nitrogens with one attached hydrogen (secondary N) is 1. The number of carbonyl (C=O) groups is 2. The van der Waals surface area contributed by atoms with Gasteiger partial charge >= 0.3 is 5.97 Å². The van der Waals surface area contributed by atoms with Crippen molar-refractivity contribution in [2.75, 3.05) is 6.26 Å². The highest BCUT2D eigenvalue weighted by atomic mass is 35.5. The van der Waals surface area contributed by atoms with Crippen molar-refractivity contribution in [1.82, 2.24) is 5.32 Å². The lowest BCUT2D eigenvalue weighted by molar-refractivity contribution is -0.137. The number of halogens is 1. The molecule has 116 valence electrons. The summed E-state index contributed by atoms with van der Waals surface area (Å²) < 4.78 is 23.1. The first kappa shape index (κ1) is 17.5. The summed E-state index contributed by atoms with van der Waals surface area (Å²) in [5.41, 5.74) is 0.155. The van der Waals surface area contributed by atoms with Crippen molar-refractivity contribution in [2.45, 2.75) is 30.7 Å². The Morgan fingerprint density at radius 2 is 2.00 bits per heavy atom. The largest absolute Gasteiger partial charge is 0.481 e. The molecule has 21 heavy (non-hydrogen) atoms. The van der Waals surface area contributed by atoms with E-state index >= 15 is 0 Å². The predicted octanol–water partition coefficient (Wildman–Crippen LogP) is 1.73. The summed E-state index contributed by atoms with van der Waals surface area (Å²) in [5.74, 6) is -1.42. The van der Waals surface area contributed by atoms with E-state index in [4.69, 9.17) is 16.7 Å². The fraction of sp³-hybridized carbons (Fsp3) is 0.385. The van der Waals surface area contributed by atoms with Gasteiger partial charge in [-0.15, -0.1) is 0 Å². The predicted molar refractivity (Wildman–Crippen MR) is 78.4 cm³/mol. The fourth-order valence-electron chi connectivity index (χ4n) is 1.65. The number of carboxylic acid groups (broad SMARTS) is 1. The topological polar surface area (TPSA) is 101 Å². The van der Waals surface area contributed by atoms with E-state index in [-0.39, 0.29) is 34.4 Å². The average Bonchev–Trinajstić information content (AvgIpc) is 2.35. The van der Waals surface area contributed by atoms with Crippen molar-refractivity contribution in [3.05, 3.63) is 28.8 Å². The maximum Gasteiger partial charge on any atom is 0.303 e. The molecule has 0 aliphatic rings. The number of benzene rings is 1. The Hall–Kier alpha value is -1.60. The molecule has 6 nitrogen and oxygen atoms in total. The van der Waals surface area contributed by atoms with Crippen LogP contribution in [0.2, 0.25) is 5.02 Å². The number of carboxylic acids is 1. The Balaban J connectivity index is 2.87. The molecular weight excluding hydrogens is 318 g/mol. The minimum atomic E-state index is -3.53. The van der Waals surface area contributed by atoms with Crippen molar-refractivity contribution < 1.29 is 23.1 Å². The highest BCUT2D eigenvalue weighted by molar-refractivity contribution is 7.90. The molecule has 0 radical (unpaired) electrons. The number of aliphatic carboxylic acids is 1. The van der Waals surface area contributed by atoms with Gasteiger partial charge in [-0.25, -0.2) is 8.42 Å². The third-order valence-corrected chi connectivity index (χ3v) is 4.34. The third kappa shape index (κ3) is 5.35. The Morgan fingerprint density at radius 1 is 1.38 bits per heavy atom. The van der Waals surface area contributed by atoms with Crippen LogP contribution in [0.1, 0.15) is 30.1 Å². The van der Waals surface area contributed by atoms with Gasteiger partial charge in [0.25, 0.3) is 5.91 Å². The van der Waals surface area contributed by atoms with Crippen LogP contribution in [0.25, 0.3) is 0 Å². The zero-order chi connectivity index (χ0) is 16.2. The molecule has 1 aromatic carbocycles. The van der Waals surface area contributed by atoms with E-state index in [1.165, 1.54) is 18.2 Å². The van der Waals surface area contributed by atoms with Crippen molar-refractivity contribution in [1.29, 1.82) is 0 Å². The first-order valence-corrected chi connectivity index (χ1v) is 8.40. The summed E-state index contributed by atoms with van der Waals surface area (Å²) >= 11 is 5.80. The Bertz CT molecular complexity index is 657. The van der Waals surface area contributed by atoms with Crippen molar-refractivity contribution in [3.63, 3.8) is 0 Å². The molecule has 8 heteroatoms. The lowest BCUT2D eigenvalue weighted by Gasteiger charge is -2.13. The Kier molecular flexibility index (Phi) is 5.74. The van der Waals surface area contributed by atoms with Gasteiger partial charge in [0.2, 0.25) is 0 Å². The number of amides is 1. The number of sulfone groups is 1. The Morgan fingerprint density at radius 3 is 2.52 bits per heavy atom. The molecule has 0 saturated carbocycles. The zero-order valence-electron chi connectivity index (χ0n) is 11.6. The molecule has 0 aromatic heterocycles. The summed E-state index contributed by atoms with van der Waals surface area (Å²) in [4.78, 5) is 22.3. The van der Waals surface area contributed by atoms with E-state index in [0.29, 0.717) is 0 Å². The van der Waals surface area contributed by atoms with Crippen molar-refractivity contribution in [2.24, 2.45) is 0 Å². The van der Waals surface area contributed by atoms with Gasteiger partial charge in [-0.3, -0.25) is 9.59 Å². The molecule has 1 atom stereocenters. The van der Waals surface area contributed by atoms with Crippen LogP contribution in [0.5, 0.6) is 0 Å². The van der Waals surface area contributed by atoms with Gasteiger partial charge in [0, 0.05) is 24.3 Å². The maximum absolute atomic E-state index is 12.0. The number of hydrogen-bond acceptors (Lipinski definition) is 4. The van der Waals surface area contributed by atoms with Crippen LogP contribution < -0.4 is 5.32 Å². The minimum Gasteiger partial charge on any atom is -0.481 e. The average molecular weight is 334 g/mol. The minimum absolute atomic E-state index is 0.0491. The molecule has 1 aromatic rings. The number of rotatable bonds is 6. The molecule has 1 amide bonds. The van der Waals surface area contributed by atoms with Crippen LogP contribution in [0.15, 0.2) is 23.1 Å². The standard InChI is InChI=1S/C13H16ClNO5S/c1-8(3-6-12(16)17)15-13(18)9-4-5-10(14)11(7-9)21(2,19)20/h4-5,7-8H,3,6H2,1-2H3,(H,15,18)(H,16,17). The van der Waals surface area contributed by atoms with E-state index in [9.17, 15) is 18.0 Å². The van der Waals surface area contributed by atoms with Gasteiger partial charge in [0.05, 0.1) is 9.92 Å². The molecular formula is C13H16ClNO5S. The molecule has 0 aliphatic carbocycles. The number of hydrogen-bond donors (Lipinski definition) is 2. The van der Waals surface area contributed by atoms with Crippen LogP contribution >= 0.6 is 11.6 Å². The molecule has 0 spiro atoms. The molecule has 0 heterocycles. The van der Waals surface area contributed by atoms with E-state index in [2.05, 4.69) is 5.32 Å². The van der Waals surface area contributed by atoms with Crippen LogP contribution in [0.3, 0.4) is 0 Å². The van der Waals surface area contributed by atoms with Crippen molar-refractivity contribution >= 4 is 33.3 Å². The van der Waals surface area contributed by atoms with Gasteiger partial charge in [-0.1, -0.05) is 11.6 Å². The summed E-state index contributed by atoms with van der Waals surface area (Å²) in [6.45, 7) is 1.67. The molecule has 1 rings (SSSR count). The molecule has 0 aliphatic heterocycles. The molecule has 2 N–H and O–H groups in total. The van der Waals surface area contributed by atoms with Gasteiger partial charge in [-0.05, 0) is 31.5 Å². The highest BCUT2D eigenvalue weighted by Gasteiger charge is 2.17. The molecule has 0 saturated heterocycles. The second-order valence-corrected chi connectivity index (χ2v) is 7.12. The smallest absolute Gasteiger partial charge is 0.303 e. The first-order chi connectivity index (χ1) is 9.61.